The van der Waals surface area contributed by atoms with Crippen LogP contribution in [0.4, 0.5) is 0 Å². The summed E-state index contributed by atoms with van der Waals surface area (Å²) in [5.41, 5.74) is 3.35. The molecule has 1 aliphatic heterocycles. The quantitative estimate of drug-likeness (QED) is 0.498. The molecule has 0 aromatic heterocycles. The molecule has 0 N–H and O–H groups in total. The minimum absolute atomic E-state index is 0.103. The second-order valence-electron chi connectivity index (χ2n) is 8.72. The van der Waals surface area contributed by atoms with E-state index in [4.69, 9.17) is 4.74 Å². The van der Waals surface area contributed by atoms with Crippen LogP contribution in [0, 0.1) is 0 Å². The molecule has 0 radical (unpaired) electrons. The summed E-state index contributed by atoms with van der Waals surface area (Å²) in [6, 6.07) is 26.1. The fraction of sp³-hybridized carbons (Fsp3) is 0.333. The second kappa shape index (κ2) is 10.1. The van der Waals surface area contributed by atoms with Gasteiger partial charge in [-0.15, -0.1) is 0 Å². The summed E-state index contributed by atoms with van der Waals surface area (Å²) in [6.45, 7) is 6.34. The number of ether oxygens (including phenoxy) is 1. The first-order chi connectivity index (χ1) is 15.9. The molecule has 0 amide bonds. The van der Waals surface area contributed by atoms with Crippen molar-refractivity contribution in [3.63, 3.8) is 0 Å². The van der Waals surface area contributed by atoms with Crippen LogP contribution < -0.4 is 4.74 Å². The van der Waals surface area contributed by atoms with Gasteiger partial charge in [0, 0.05) is 26.2 Å². The van der Waals surface area contributed by atoms with Crippen LogP contribution in [0.25, 0.3) is 0 Å². The molecule has 174 valence electrons. The third-order valence-corrected chi connectivity index (χ3v) is 8.22. The highest BCUT2D eigenvalue weighted by Gasteiger charge is 2.32. The van der Waals surface area contributed by atoms with Crippen molar-refractivity contribution in [2.24, 2.45) is 0 Å². The number of nitrogens with zero attached hydrogens (tertiary/aromatic N) is 2. The predicted molar refractivity (Wildman–Crippen MR) is 132 cm³/mol. The lowest BCUT2D eigenvalue weighted by molar-refractivity contribution is 0.156. The van der Waals surface area contributed by atoms with Gasteiger partial charge in [0.1, 0.15) is 5.75 Å². The molecule has 4 rings (SSSR count). The summed E-state index contributed by atoms with van der Waals surface area (Å²) in [5.74, 6) is 0.895. The maximum absolute atomic E-state index is 13.4. The van der Waals surface area contributed by atoms with Gasteiger partial charge in [-0.1, -0.05) is 74.5 Å². The molecule has 5 nitrogen and oxygen atoms in total. The van der Waals surface area contributed by atoms with Crippen LogP contribution in [0.3, 0.4) is 0 Å². The Morgan fingerprint density at radius 1 is 0.788 bits per heavy atom. The minimum Gasteiger partial charge on any atom is -0.496 e. The first-order valence-electron chi connectivity index (χ1n) is 11.4. The van der Waals surface area contributed by atoms with Gasteiger partial charge in [0.2, 0.25) is 10.0 Å². The summed E-state index contributed by atoms with van der Waals surface area (Å²) < 4.78 is 33.9. The van der Waals surface area contributed by atoms with Gasteiger partial charge in [0.05, 0.1) is 18.0 Å². The summed E-state index contributed by atoms with van der Waals surface area (Å²) >= 11 is 0. The number of hydrogen-bond acceptors (Lipinski definition) is 4. The molecule has 33 heavy (non-hydrogen) atoms. The lowest BCUT2D eigenvalue weighted by atomic mass is 9.96. The molecular weight excluding hydrogens is 432 g/mol. The molecule has 1 heterocycles. The number of benzene rings is 3. The molecule has 1 aliphatic rings. The van der Waals surface area contributed by atoms with Crippen molar-refractivity contribution in [1.82, 2.24) is 9.21 Å². The molecule has 6 heteroatoms. The maximum Gasteiger partial charge on any atom is 0.243 e. The second-order valence-corrected chi connectivity index (χ2v) is 10.7. The predicted octanol–water partition coefficient (Wildman–Crippen LogP) is 4.91. The fourth-order valence-corrected chi connectivity index (χ4v) is 6.02. The van der Waals surface area contributed by atoms with Crippen molar-refractivity contribution in [3.05, 3.63) is 95.6 Å². The van der Waals surface area contributed by atoms with Gasteiger partial charge in [-0.3, -0.25) is 4.90 Å². The Balaban J connectivity index is 1.56. The first kappa shape index (κ1) is 23.5. The average molecular weight is 465 g/mol. The summed E-state index contributed by atoms with van der Waals surface area (Å²) in [4.78, 5) is 2.72. The van der Waals surface area contributed by atoms with Crippen LogP contribution in [0.2, 0.25) is 0 Å². The Labute approximate surface area is 197 Å². The van der Waals surface area contributed by atoms with E-state index in [-0.39, 0.29) is 12.0 Å². The van der Waals surface area contributed by atoms with Crippen LogP contribution >= 0.6 is 0 Å². The van der Waals surface area contributed by atoms with Gasteiger partial charge in [-0.05, 0) is 40.8 Å². The Kier molecular flexibility index (Phi) is 7.17. The Morgan fingerprint density at radius 2 is 1.33 bits per heavy atom. The molecule has 0 saturated carbocycles. The van der Waals surface area contributed by atoms with E-state index < -0.39 is 10.0 Å². The zero-order valence-electron chi connectivity index (χ0n) is 19.5. The van der Waals surface area contributed by atoms with Crippen molar-refractivity contribution >= 4 is 10.0 Å². The molecule has 0 atom stereocenters. The van der Waals surface area contributed by atoms with E-state index >= 15 is 0 Å². The number of methoxy groups -OCH3 is 1. The van der Waals surface area contributed by atoms with Crippen molar-refractivity contribution in [1.29, 1.82) is 0 Å². The van der Waals surface area contributed by atoms with Crippen LogP contribution in [0.5, 0.6) is 5.75 Å². The van der Waals surface area contributed by atoms with Gasteiger partial charge >= 0.3 is 0 Å². The number of sulfonamides is 1. The smallest absolute Gasteiger partial charge is 0.243 e. The summed E-state index contributed by atoms with van der Waals surface area (Å²) in [7, 11) is -1.95. The fourth-order valence-electron chi connectivity index (χ4n) is 4.56. The van der Waals surface area contributed by atoms with Gasteiger partial charge in [-0.25, -0.2) is 8.42 Å². The van der Waals surface area contributed by atoms with Gasteiger partial charge in [-0.2, -0.15) is 4.31 Å². The number of piperazine rings is 1. The third kappa shape index (κ3) is 4.98. The van der Waals surface area contributed by atoms with Crippen LogP contribution in [-0.4, -0.2) is 50.9 Å². The lowest BCUT2D eigenvalue weighted by Gasteiger charge is -2.39. The van der Waals surface area contributed by atoms with Crippen molar-refractivity contribution in [2.45, 2.75) is 30.7 Å². The molecule has 0 bridgehead atoms. The lowest BCUT2D eigenvalue weighted by Crippen LogP contribution is -2.49. The average Bonchev–Trinajstić information content (AvgIpc) is 2.85. The molecule has 0 spiro atoms. The van der Waals surface area contributed by atoms with E-state index in [0.717, 1.165) is 11.3 Å². The highest BCUT2D eigenvalue weighted by Crippen LogP contribution is 2.32. The molecule has 1 saturated heterocycles. The monoisotopic (exact) mass is 464 g/mol. The largest absolute Gasteiger partial charge is 0.496 e. The van der Waals surface area contributed by atoms with E-state index in [1.54, 1.807) is 29.6 Å². The maximum atomic E-state index is 13.4. The number of rotatable bonds is 7. The van der Waals surface area contributed by atoms with E-state index in [1.807, 2.05) is 26.0 Å². The topological polar surface area (TPSA) is 49.9 Å². The molecule has 3 aromatic rings. The van der Waals surface area contributed by atoms with Gasteiger partial charge in [0.15, 0.2) is 0 Å². The van der Waals surface area contributed by atoms with E-state index in [0.29, 0.717) is 31.1 Å². The minimum atomic E-state index is -3.57. The van der Waals surface area contributed by atoms with Crippen molar-refractivity contribution in [3.8, 4) is 5.75 Å². The Bertz CT molecular complexity index is 1120. The molecular formula is C27H32N2O3S. The van der Waals surface area contributed by atoms with Crippen LogP contribution in [0.15, 0.2) is 83.8 Å². The van der Waals surface area contributed by atoms with Crippen LogP contribution in [0.1, 0.15) is 42.5 Å². The van der Waals surface area contributed by atoms with Crippen molar-refractivity contribution in [2.75, 3.05) is 33.3 Å². The SMILES string of the molecule is COc1ccc(S(=O)(=O)N2CCN(C(c3ccccc3)c3ccccc3)CC2)cc1C(C)C. The highest BCUT2D eigenvalue weighted by atomic mass is 32.2. The zero-order chi connectivity index (χ0) is 23.4. The van der Waals surface area contributed by atoms with Gasteiger partial charge in [0.25, 0.3) is 0 Å². The van der Waals surface area contributed by atoms with E-state index in [2.05, 4.69) is 53.4 Å². The Hall–Kier alpha value is -2.67. The van der Waals surface area contributed by atoms with Gasteiger partial charge < -0.3 is 4.74 Å². The normalized spacial score (nSPS) is 15.8. The molecule has 3 aromatic carbocycles. The van der Waals surface area contributed by atoms with Crippen LogP contribution in [-0.2, 0) is 10.0 Å². The molecule has 0 aliphatic carbocycles. The Morgan fingerprint density at radius 3 is 1.82 bits per heavy atom. The standard InChI is InChI=1S/C27H32N2O3S/c1-21(2)25-20-24(14-15-26(25)32-3)33(30,31)29-18-16-28(17-19-29)27(22-10-6-4-7-11-22)23-12-8-5-9-13-23/h4-15,20-21,27H,16-19H2,1-3H3. The summed E-state index contributed by atoms with van der Waals surface area (Å²) in [5, 5.41) is 0. The molecule has 0 unspecified atom stereocenters. The number of hydrogen-bond donors (Lipinski definition) is 0. The third-order valence-electron chi connectivity index (χ3n) is 6.33. The van der Waals surface area contributed by atoms with E-state index in [1.165, 1.54) is 11.1 Å². The van der Waals surface area contributed by atoms with E-state index in [9.17, 15) is 8.42 Å². The summed E-state index contributed by atoms with van der Waals surface area (Å²) in [6.07, 6.45) is 0. The zero-order valence-corrected chi connectivity index (χ0v) is 20.3. The first-order valence-corrected chi connectivity index (χ1v) is 12.9. The highest BCUT2D eigenvalue weighted by molar-refractivity contribution is 7.89. The molecule has 1 fully saturated rings. The van der Waals surface area contributed by atoms with Crippen molar-refractivity contribution < 1.29 is 13.2 Å².